The molecule has 168 valence electrons. The molecule has 0 aromatic heterocycles. The van der Waals surface area contributed by atoms with Gasteiger partial charge in [-0.3, -0.25) is 4.79 Å². The highest BCUT2D eigenvalue weighted by Gasteiger charge is 2.58. The maximum absolute atomic E-state index is 12.1. The number of fused-ring (bicyclic) bond motifs is 5. The third-order valence-electron chi connectivity index (χ3n) is 10.6. The van der Waals surface area contributed by atoms with Crippen molar-refractivity contribution in [1.82, 2.24) is 0 Å². The molecule has 4 rings (SSSR count). The number of hydrogen-bond donors (Lipinski definition) is 0. The topological polar surface area (TPSA) is 17.1 Å². The van der Waals surface area contributed by atoms with E-state index in [2.05, 4.69) is 59.8 Å². The van der Waals surface area contributed by atoms with Crippen LogP contribution in [0.1, 0.15) is 99.3 Å². The molecule has 1 heteroatoms. The zero-order chi connectivity index (χ0) is 21.7. The lowest BCUT2D eigenvalue weighted by Crippen LogP contribution is -2.49. The zero-order valence-corrected chi connectivity index (χ0v) is 20.5. The Bertz CT molecular complexity index is 714. The molecule has 3 fully saturated rings. The second kappa shape index (κ2) is 8.25. The second-order valence-electron chi connectivity index (χ2n) is 12.3. The van der Waals surface area contributed by atoms with Gasteiger partial charge in [0.15, 0.2) is 0 Å². The Kier molecular flexibility index (Phi) is 6.15. The third kappa shape index (κ3) is 3.57. The van der Waals surface area contributed by atoms with Crippen LogP contribution >= 0.6 is 0 Å². The largest absolute Gasteiger partial charge is 0.300 e. The molecule has 4 aliphatic rings. The number of rotatable bonds is 5. The molecule has 1 nitrogen and oxygen atoms in total. The van der Waals surface area contributed by atoms with Crippen LogP contribution in [0.4, 0.5) is 0 Å². The summed E-state index contributed by atoms with van der Waals surface area (Å²) < 4.78 is 0. The van der Waals surface area contributed by atoms with Crippen LogP contribution < -0.4 is 0 Å². The highest BCUT2D eigenvalue weighted by Crippen LogP contribution is 2.66. The Morgan fingerprint density at radius 2 is 1.77 bits per heavy atom. The summed E-state index contributed by atoms with van der Waals surface area (Å²) >= 11 is 0. The standard InChI is InChI=1S/C29H46O/c1-7-21(19(2)3)9-8-20(4)25-12-13-26-24-11-10-22-18-23(30)14-16-28(22,5)27(24)15-17-29(25,26)6/h8-9,11,19-22,25-27H,7,10,12-18H2,1-6H3/t20-,21+,22-,25+,26-,27-,28-,29+/m0/s1. The van der Waals surface area contributed by atoms with Crippen molar-refractivity contribution in [2.45, 2.75) is 99.3 Å². The van der Waals surface area contributed by atoms with Crippen LogP contribution in [-0.2, 0) is 4.79 Å². The average molecular weight is 411 g/mol. The summed E-state index contributed by atoms with van der Waals surface area (Å²) in [4.78, 5) is 12.1. The Morgan fingerprint density at radius 3 is 2.47 bits per heavy atom. The van der Waals surface area contributed by atoms with Gasteiger partial charge in [0, 0.05) is 12.8 Å². The maximum atomic E-state index is 12.1. The minimum absolute atomic E-state index is 0.383. The van der Waals surface area contributed by atoms with Gasteiger partial charge in [-0.25, -0.2) is 0 Å². The van der Waals surface area contributed by atoms with Crippen LogP contribution in [0, 0.1) is 52.3 Å². The summed E-state index contributed by atoms with van der Waals surface area (Å²) in [5.74, 6) is 5.63. The first-order valence-electron chi connectivity index (χ1n) is 13.1. The van der Waals surface area contributed by atoms with E-state index in [1.165, 1.54) is 32.1 Å². The molecule has 0 unspecified atom stereocenters. The van der Waals surface area contributed by atoms with Crippen LogP contribution in [0.3, 0.4) is 0 Å². The van der Waals surface area contributed by atoms with Crippen molar-refractivity contribution >= 4 is 5.78 Å². The Balaban J connectivity index is 1.54. The van der Waals surface area contributed by atoms with Crippen molar-refractivity contribution in [3.05, 3.63) is 23.8 Å². The second-order valence-corrected chi connectivity index (χ2v) is 12.3. The Hall–Kier alpha value is -0.850. The molecular weight excluding hydrogens is 364 g/mol. The van der Waals surface area contributed by atoms with Crippen molar-refractivity contribution in [3.8, 4) is 0 Å². The maximum Gasteiger partial charge on any atom is 0.133 e. The number of carbonyl (C=O) groups excluding carboxylic acids is 1. The molecular formula is C29H46O. The van der Waals surface area contributed by atoms with E-state index in [0.717, 1.165) is 55.3 Å². The van der Waals surface area contributed by atoms with Crippen LogP contribution in [0.2, 0.25) is 0 Å². The fourth-order valence-electron chi connectivity index (χ4n) is 8.49. The molecule has 0 N–H and O–H groups in total. The SMILES string of the molecule is CC[C@H](C=C[C@H](C)[C@H]1CC[C@H]2C3=CC[C@H]4CC(=O)CC[C@]4(C)[C@H]3CC[C@]12C)C(C)C. The molecule has 0 saturated heterocycles. The van der Waals surface area contributed by atoms with Crippen molar-refractivity contribution in [1.29, 1.82) is 0 Å². The Morgan fingerprint density at radius 1 is 1.03 bits per heavy atom. The van der Waals surface area contributed by atoms with E-state index < -0.39 is 0 Å². The van der Waals surface area contributed by atoms with Crippen LogP contribution in [0.5, 0.6) is 0 Å². The van der Waals surface area contributed by atoms with Crippen molar-refractivity contribution in [2.24, 2.45) is 52.3 Å². The van der Waals surface area contributed by atoms with Gasteiger partial charge in [0.05, 0.1) is 0 Å². The lowest BCUT2D eigenvalue weighted by molar-refractivity contribution is -0.127. The molecule has 4 aliphatic carbocycles. The summed E-state index contributed by atoms with van der Waals surface area (Å²) in [6.45, 7) is 14.7. The molecule has 0 amide bonds. The molecule has 8 atom stereocenters. The van der Waals surface area contributed by atoms with E-state index in [1.807, 2.05) is 5.57 Å². The summed E-state index contributed by atoms with van der Waals surface area (Å²) in [5, 5.41) is 0. The van der Waals surface area contributed by atoms with Gasteiger partial charge >= 0.3 is 0 Å². The van der Waals surface area contributed by atoms with Gasteiger partial charge in [-0.05, 0) is 97.2 Å². The van der Waals surface area contributed by atoms with Crippen molar-refractivity contribution in [3.63, 3.8) is 0 Å². The monoisotopic (exact) mass is 410 g/mol. The first-order chi connectivity index (χ1) is 14.2. The fraction of sp³-hybridized carbons (Fsp3) is 0.828. The summed E-state index contributed by atoms with van der Waals surface area (Å²) in [5.41, 5.74) is 2.68. The van der Waals surface area contributed by atoms with E-state index in [0.29, 0.717) is 28.4 Å². The van der Waals surface area contributed by atoms with E-state index in [1.54, 1.807) is 0 Å². The van der Waals surface area contributed by atoms with Crippen LogP contribution in [0.25, 0.3) is 0 Å². The first kappa shape index (κ1) is 22.3. The highest BCUT2D eigenvalue weighted by atomic mass is 16.1. The van der Waals surface area contributed by atoms with Crippen molar-refractivity contribution < 1.29 is 4.79 Å². The van der Waals surface area contributed by atoms with Crippen molar-refractivity contribution in [2.75, 3.05) is 0 Å². The number of allylic oxidation sites excluding steroid dienone is 4. The van der Waals surface area contributed by atoms with E-state index in [4.69, 9.17) is 0 Å². The summed E-state index contributed by atoms with van der Waals surface area (Å²) in [6.07, 6.45) is 18.5. The molecule has 0 radical (unpaired) electrons. The van der Waals surface area contributed by atoms with Gasteiger partial charge in [-0.2, -0.15) is 0 Å². The molecule has 0 aliphatic heterocycles. The van der Waals surface area contributed by atoms with E-state index in [-0.39, 0.29) is 0 Å². The number of ketones is 1. The van der Waals surface area contributed by atoms with Gasteiger partial charge < -0.3 is 0 Å². The predicted octanol–water partition coefficient (Wildman–Crippen LogP) is 8.01. The van der Waals surface area contributed by atoms with Gasteiger partial charge in [-0.1, -0.05) is 65.3 Å². The molecule has 0 spiro atoms. The number of Topliss-reactive ketones (excluding diaryl/α,β-unsaturated/α-hetero) is 1. The number of carbonyl (C=O) groups is 1. The van der Waals surface area contributed by atoms with Gasteiger partial charge in [-0.15, -0.1) is 0 Å². The normalized spacial score (nSPS) is 43.2. The molecule has 0 aromatic rings. The zero-order valence-electron chi connectivity index (χ0n) is 20.5. The first-order valence-corrected chi connectivity index (χ1v) is 13.1. The quantitative estimate of drug-likeness (QED) is 0.419. The number of hydrogen-bond acceptors (Lipinski definition) is 1. The predicted molar refractivity (Wildman–Crippen MR) is 127 cm³/mol. The minimum Gasteiger partial charge on any atom is -0.300 e. The minimum atomic E-state index is 0.383. The molecule has 0 heterocycles. The Labute approximate surface area is 186 Å². The van der Waals surface area contributed by atoms with Gasteiger partial charge in [0.2, 0.25) is 0 Å². The lowest BCUT2D eigenvalue weighted by Gasteiger charge is -2.57. The molecule has 0 aromatic carbocycles. The summed E-state index contributed by atoms with van der Waals surface area (Å²) in [6, 6.07) is 0. The molecule has 30 heavy (non-hydrogen) atoms. The third-order valence-corrected chi connectivity index (χ3v) is 10.6. The average Bonchev–Trinajstić information content (AvgIpc) is 3.06. The van der Waals surface area contributed by atoms with Gasteiger partial charge in [0.25, 0.3) is 0 Å². The van der Waals surface area contributed by atoms with E-state index in [9.17, 15) is 4.79 Å². The molecule has 3 saturated carbocycles. The fourth-order valence-corrected chi connectivity index (χ4v) is 8.49. The smallest absolute Gasteiger partial charge is 0.133 e. The lowest BCUT2D eigenvalue weighted by atomic mass is 9.48. The highest BCUT2D eigenvalue weighted by molar-refractivity contribution is 5.79. The molecule has 0 bridgehead atoms. The van der Waals surface area contributed by atoms with Gasteiger partial charge in [0.1, 0.15) is 5.78 Å². The summed E-state index contributed by atoms with van der Waals surface area (Å²) in [7, 11) is 0. The van der Waals surface area contributed by atoms with Crippen LogP contribution in [-0.4, -0.2) is 5.78 Å². The van der Waals surface area contributed by atoms with E-state index >= 15 is 0 Å². The van der Waals surface area contributed by atoms with Crippen LogP contribution in [0.15, 0.2) is 23.8 Å².